The Morgan fingerprint density at radius 2 is 2.24 bits per heavy atom. The van der Waals surface area contributed by atoms with Crippen LogP contribution in [0, 0.1) is 11.3 Å². The van der Waals surface area contributed by atoms with Gasteiger partial charge < -0.3 is 10.1 Å². The lowest BCUT2D eigenvalue weighted by atomic mass is 9.96. The van der Waals surface area contributed by atoms with Gasteiger partial charge in [-0.1, -0.05) is 6.07 Å². The highest BCUT2D eigenvalue weighted by Crippen LogP contribution is 2.37. The van der Waals surface area contributed by atoms with E-state index in [1.807, 2.05) is 6.92 Å². The predicted molar refractivity (Wildman–Crippen MR) is 108 cm³/mol. The molecule has 1 aliphatic carbocycles. The van der Waals surface area contributed by atoms with Crippen LogP contribution in [-0.2, 0) is 26.0 Å². The first-order valence-corrected chi connectivity index (χ1v) is 10.3. The third-order valence-electron chi connectivity index (χ3n) is 4.88. The number of hydrogen-bond donors (Lipinski definition) is 1. The Balaban J connectivity index is 1.48. The number of thiophene rings is 1. The normalized spacial score (nSPS) is 12.8. The molecule has 3 aromatic rings. The van der Waals surface area contributed by atoms with Gasteiger partial charge in [0.15, 0.2) is 5.82 Å². The van der Waals surface area contributed by atoms with Crippen molar-refractivity contribution >= 4 is 22.2 Å². The predicted octanol–water partition coefficient (Wildman–Crippen LogP) is 3.34. The Labute approximate surface area is 172 Å². The van der Waals surface area contributed by atoms with Crippen LogP contribution in [0.5, 0.6) is 5.75 Å². The second kappa shape index (κ2) is 8.41. The lowest BCUT2D eigenvalue weighted by Crippen LogP contribution is -2.12. The van der Waals surface area contributed by atoms with E-state index in [0.29, 0.717) is 34.2 Å². The molecule has 0 fully saturated rings. The third-order valence-corrected chi connectivity index (χ3v) is 6.09. The fourth-order valence-electron chi connectivity index (χ4n) is 3.39. The molecule has 9 heteroatoms. The highest BCUT2D eigenvalue weighted by atomic mass is 32.1. The summed E-state index contributed by atoms with van der Waals surface area (Å²) < 4.78 is 7.40. The van der Waals surface area contributed by atoms with E-state index in [1.54, 1.807) is 28.9 Å². The lowest BCUT2D eigenvalue weighted by Gasteiger charge is -2.09. The molecule has 0 aliphatic heterocycles. The van der Waals surface area contributed by atoms with Gasteiger partial charge in [0.2, 0.25) is 0 Å². The van der Waals surface area contributed by atoms with Crippen LogP contribution in [0.2, 0.25) is 0 Å². The number of aryl methyl sites for hydroxylation is 2. The zero-order chi connectivity index (χ0) is 20.2. The average Bonchev–Trinajstić information content (AvgIpc) is 3.35. The minimum Gasteiger partial charge on any atom is -0.486 e. The van der Waals surface area contributed by atoms with Crippen LogP contribution in [0.25, 0.3) is 0 Å². The molecular weight excluding hydrogens is 388 g/mol. The van der Waals surface area contributed by atoms with Crippen molar-refractivity contribution < 1.29 is 9.53 Å². The molecule has 0 atom stereocenters. The quantitative estimate of drug-likeness (QED) is 0.671. The number of fused-ring (bicyclic) bond motifs is 1. The maximum atomic E-state index is 12.8. The van der Waals surface area contributed by atoms with Gasteiger partial charge in [-0.3, -0.25) is 4.79 Å². The molecule has 0 saturated carbocycles. The summed E-state index contributed by atoms with van der Waals surface area (Å²) in [6, 6.07) is 9.20. The zero-order valence-electron chi connectivity index (χ0n) is 16.0. The Morgan fingerprint density at radius 1 is 1.38 bits per heavy atom. The van der Waals surface area contributed by atoms with Gasteiger partial charge in [-0.2, -0.15) is 5.26 Å². The van der Waals surface area contributed by atoms with Crippen molar-refractivity contribution in [2.24, 2.45) is 0 Å². The second-order valence-electron chi connectivity index (χ2n) is 6.71. The number of carbonyl (C=O) groups excluding carboxylic acids is 1. The van der Waals surface area contributed by atoms with Crippen molar-refractivity contribution in [3.05, 3.63) is 51.7 Å². The summed E-state index contributed by atoms with van der Waals surface area (Å²) in [7, 11) is 0. The minimum absolute atomic E-state index is 0.210. The first-order chi connectivity index (χ1) is 14.2. The molecule has 2 heterocycles. The Bertz CT molecular complexity index is 1080. The molecule has 1 aliphatic rings. The van der Waals surface area contributed by atoms with Gasteiger partial charge in [-0.05, 0) is 66.8 Å². The summed E-state index contributed by atoms with van der Waals surface area (Å²) in [5.74, 6) is 0.906. The maximum Gasteiger partial charge on any atom is 0.256 e. The summed E-state index contributed by atoms with van der Waals surface area (Å²) in [5.41, 5.74) is 2.18. The van der Waals surface area contributed by atoms with Gasteiger partial charge in [0.1, 0.15) is 23.4 Å². The first kappa shape index (κ1) is 19.1. The summed E-state index contributed by atoms with van der Waals surface area (Å²) in [6.45, 7) is 2.81. The average molecular weight is 408 g/mol. The van der Waals surface area contributed by atoms with E-state index in [0.717, 1.165) is 31.2 Å². The maximum absolute atomic E-state index is 12.8. The SMILES string of the molecule is CCn1nnnc1COc1cccc(C(=O)Nc2sc3c(c2C#N)CCCC3)c1. The Kier molecular flexibility index (Phi) is 5.53. The van der Waals surface area contributed by atoms with Crippen molar-refractivity contribution in [3.8, 4) is 11.8 Å². The molecule has 4 rings (SSSR count). The number of nitrogens with one attached hydrogen (secondary N) is 1. The lowest BCUT2D eigenvalue weighted by molar-refractivity contribution is 0.102. The van der Waals surface area contributed by atoms with Crippen LogP contribution in [0.4, 0.5) is 5.00 Å². The molecule has 0 unspecified atom stereocenters. The van der Waals surface area contributed by atoms with Gasteiger partial charge in [-0.25, -0.2) is 4.68 Å². The first-order valence-electron chi connectivity index (χ1n) is 9.53. The summed E-state index contributed by atoms with van der Waals surface area (Å²) in [6.07, 6.45) is 4.11. The van der Waals surface area contributed by atoms with Crippen LogP contribution >= 0.6 is 11.3 Å². The highest BCUT2D eigenvalue weighted by molar-refractivity contribution is 7.16. The number of ether oxygens (including phenoxy) is 1. The van der Waals surface area contributed by atoms with E-state index in [2.05, 4.69) is 26.9 Å². The van der Waals surface area contributed by atoms with E-state index >= 15 is 0 Å². The van der Waals surface area contributed by atoms with E-state index in [1.165, 1.54) is 16.2 Å². The minimum atomic E-state index is -0.260. The molecule has 0 saturated heterocycles. The fourth-order valence-corrected chi connectivity index (χ4v) is 4.63. The molecule has 8 nitrogen and oxygen atoms in total. The molecule has 1 amide bonds. The number of hydrogen-bond acceptors (Lipinski definition) is 7. The number of nitrogens with zero attached hydrogens (tertiary/aromatic N) is 5. The largest absolute Gasteiger partial charge is 0.486 e. The van der Waals surface area contributed by atoms with Gasteiger partial charge in [0, 0.05) is 17.0 Å². The summed E-state index contributed by atoms with van der Waals surface area (Å²) >= 11 is 1.52. The van der Waals surface area contributed by atoms with E-state index in [9.17, 15) is 10.1 Å². The Morgan fingerprint density at radius 3 is 3.07 bits per heavy atom. The molecule has 148 valence electrons. The number of aromatic nitrogens is 4. The topological polar surface area (TPSA) is 106 Å². The molecule has 0 bridgehead atoms. The second-order valence-corrected chi connectivity index (χ2v) is 7.81. The number of benzene rings is 1. The highest BCUT2D eigenvalue weighted by Gasteiger charge is 2.22. The number of carbonyl (C=O) groups is 1. The third kappa shape index (κ3) is 3.98. The van der Waals surface area contributed by atoms with Crippen LogP contribution in [0.15, 0.2) is 24.3 Å². The van der Waals surface area contributed by atoms with Gasteiger partial charge >= 0.3 is 0 Å². The summed E-state index contributed by atoms with van der Waals surface area (Å²) in [4.78, 5) is 14.0. The molecule has 1 aromatic carbocycles. The molecule has 1 N–H and O–H groups in total. The molecule has 29 heavy (non-hydrogen) atoms. The summed E-state index contributed by atoms with van der Waals surface area (Å²) in [5, 5.41) is 24.6. The molecule has 0 radical (unpaired) electrons. The smallest absolute Gasteiger partial charge is 0.256 e. The standard InChI is InChI=1S/C20H20N6O2S/c1-2-26-18(23-24-25-26)12-28-14-7-5-6-13(10-14)19(27)22-20-16(11-21)15-8-3-4-9-17(15)29-20/h5-7,10H,2-4,8-9,12H2,1H3,(H,22,27). The number of anilines is 1. The zero-order valence-corrected chi connectivity index (χ0v) is 16.8. The van der Waals surface area contributed by atoms with Crippen molar-refractivity contribution in [3.63, 3.8) is 0 Å². The molecule has 0 spiro atoms. The number of amides is 1. The van der Waals surface area contributed by atoms with Gasteiger partial charge in [0.05, 0.1) is 5.56 Å². The molecular formula is C20H20N6O2S. The Hall–Kier alpha value is -3.25. The van der Waals surface area contributed by atoms with Crippen molar-refractivity contribution in [2.45, 2.75) is 45.8 Å². The number of tetrazole rings is 1. The fraction of sp³-hybridized carbons (Fsp3) is 0.350. The van der Waals surface area contributed by atoms with Crippen LogP contribution in [-0.4, -0.2) is 26.1 Å². The van der Waals surface area contributed by atoms with Crippen molar-refractivity contribution in [1.29, 1.82) is 5.26 Å². The number of nitriles is 1. The van der Waals surface area contributed by atoms with Crippen molar-refractivity contribution in [2.75, 3.05) is 5.32 Å². The monoisotopic (exact) mass is 408 g/mol. The van der Waals surface area contributed by atoms with E-state index < -0.39 is 0 Å². The van der Waals surface area contributed by atoms with Crippen molar-refractivity contribution in [1.82, 2.24) is 20.2 Å². The number of rotatable bonds is 6. The van der Waals surface area contributed by atoms with E-state index in [-0.39, 0.29) is 12.5 Å². The van der Waals surface area contributed by atoms with E-state index in [4.69, 9.17) is 4.74 Å². The van der Waals surface area contributed by atoms with Gasteiger partial charge in [-0.15, -0.1) is 16.4 Å². The van der Waals surface area contributed by atoms with Crippen LogP contribution in [0.3, 0.4) is 0 Å². The molecule has 2 aromatic heterocycles. The van der Waals surface area contributed by atoms with Gasteiger partial charge in [0.25, 0.3) is 5.91 Å². The van der Waals surface area contributed by atoms with Crippen LogP contribution < -0.4 is 10.1 Å². The van der Waals surface area contributed by atoms with Crippen LogP contribution in [0.1, 0.15) is 52.0 Å².